The van der Waals surface area contributed by atoms with Crippen LogP contribution in [0.1, 0.15) is 52.7 Å². The van der Waals surface area contributed by atoms with Gasteiger partial charge in [-0.15, -0.1) is 0 Å². The Balaban J connectivity index is 1.15. The fourth-order valence-electron chi connectivity index (χ4n) is 8.68. The Bertz CT molecular complexity index is 2840. The summed E-state index contributed by atoms with van der Waals surface area (Å²) in [5, 5.41) is 9.60. The molecule has 4 nitrogen and oxygen atoms in total. The van der Waals surface area contributed by atoms with Crippen molar-refractivity contribution in [2.45, 2.75) is 52.4 Å². The van der Waals surface area contributed by atoms with Crippen molar-refractivity contribution in [3.8, 4) is 0 Å². The highest BCUT2D eigenvalue weighted by molar-refractivity contribution is 6.25. The second-order valence-electron chi connectivity index (χ2n) is 17.6. The number of anilines is 6. The van der Waals surface area contributed by atoms with E-state index >= 15 is 0 Å². The fraction of sp³-hybridized carbons (Fsp3) is 0.148. The summed E-state index contributed by atoms with van der Waals surface area (Å²) in [4.78, 5) is 14.5. The highest BCUT2D eigenvalue weighted by atomic mass is 15.2. The van der Waals surface area contributed by atoms with Crippen molar-refractivity contribution >= 4 is 88.2 Å². The van der Waals surface area contributed by atoms with Crippen molar-refractivity contribution in [3.63, 3.8) is 0 Å². The number of para-hydroxylation sites is 2. The van der Waals surface area contributed by atoms with Crippen LogP contribution in [0.25, 0.3) is 54.1 Å². The summed E-state index contributed by atoms with van der Waals surface area (Å²) in [5.41, 5.74) is 11.2. The van der Waals surface area contributed by atoms with Gasteiger partial charge in [-0.2, -0.15) is 0 Å². The number of aromatic nitrogens is 2. The van der Waals surface area contributed by atoms with Gasteiger partial charge in [-0.3, -0.25) is 9.97 Å². The topological polar surface area (TPSA) is 32.3 Å². The molecule has 0 fully saturated rings. The van der Waals surface area contributed by atoms with E-state index in [-0.39, 0.29) is 10.8 Å². The van der Waals surface area contributed by atoms with Crippen LogP contribution in [0.3, 0.4) is 0 Å². The Hall–Kier alpha value is -6.78. The van der Waals surface area contributed by atoms with Gasteiger partial charge >= 0.3 is 0 Å². The summed E-state index contributed by atoms with van der Waals surface area (Å²) < 4.78 is 0. The molecule has 282 valence electrons. The van der Waals surface area contributed by atoms with Crippen molar-refractivity contribution in [3.05, 3.63) is 181 Å². The van der Waals surface area contributed by atoms with E-state index in [4.69, 9.17) is 9.97 Å². The first-order valence-electron chi connectivity index (χ1n) is 20.2. The highest BCUT2D eigenvalue weighted by Gasteiger charge is 2.23. The molecule has 2 aromatic heterocycles. The number of nitrogens with zero attached hydrogens (tertiary/aromatic N) is 4. The molecular weight excluding hydrogens is 705 g/mol. The van der Waals surface area contributed by atoms with E-state index in [2.05, 4.69) is 197 Å². The van der Waals surface area contributed by atoms with Crippen LogP contribution >= 0.6 is 0 Å². The molecule has 8 aromatic carbocycles. The van der Waals surface area contributed by atoms with Gasteiger partial charge in [0.25, 0.3) is 0 Å². The molecule has 10 rings (SSSR count). The Morgan fingerprint density at radius 3 is 1.03 bits per heavy atom. The van der Waals surface area contributed by atoms with Crippen LogP contribution in [0.5, 0.6) is 0 Å². The number of hydrogen-bond acceptors (Lipinski definition) is 4. The fourth-order valence-corrected chi connectivity index (χ4v) is 8.68. The molecule has 10 aromatic rings. The van der Waals surface area contributed by atoms with E-state index < -0.39 is 0 Å². The number of pyridine rings is 2. The predicted molar refractivity (Wildman–Crippen MR) is 248 cm³/mol. The van der Waals surface area contributed by atoms with Crippen LogP contribution in [0.15, 0.2) is 170 Å². The second kappa shape index (κ2) is 13.4. The van der Waals surface area contributed by atoms with E-state index in [1.54, 1.807) is 0 Å². The number of rotatable bonds is 6. The third-order valence-electron chi connectivity index (χ3n) is 11.7. The zero-order chi connectivity index (χ0) is 39.8. The Morgan fingerprint density at radius 1 is 0.345 bits per heavy atom. The molecule has 0 saturated heterocycles. The van der Waals surface area contributed by atoms with Crippen LogP contribution in [-0.4, -0.2) is 9.97 Å². The van der Waals surface area contributed by atoms with Gasteiger partial charge in [-0.25, -0.2) is 0 Å². The lowest BCUT2D eigenvalue weighted by atomic mass is 9.87. The minimum Gasteiger partial charge on any atom is -0.308 e. The van der Waals surface area contributed by atoms with Crippen LogP contribution in [0, 0.1) is 0 Å². The third kappa shape index (κ3) is 6.08. The molecule has 0 radical (unpaired) electrons. The maximum absolute atomic E-state index is 4.90. The first-order valence-corrected chi connectivity index (χ1v) is 20.2. The zero-order valence-corrected chi connectivity index (χ0v) is 34.0. The lowest BCUT2D eigenvalue weighted by Gasteiger charge is -2.29. The first kappa shape index (κ1) is 35.6. The maximum Gasteiger partial charge on any atom is 0.0942 e. The van der Waals surface area contributed by atoms with Crippen molar-refractivity contribution in [1.82, 2.24) is 9.97 Å². The van der Waals surface area contributed by atoms with Crippen LogP contribution in [0.2, 0.25) is 0 Å². The summed E-state index contributed by atoms with van der Waals surface area (Å²) >= 11 is 0. The summed E-state index contributed by atoms with van der Waals surface area (Å²) in [5.74, 6) is 0. The lowest BCUT2D eigenvalue weighted by molar-refractivity contribution is 0.590. The normalized spacial score (nSPS) is 12.3. The molecule has 0 amide bonds. The number of fused-ring (bicyclic) bond motifs is 2. The first-order chi connectivity index (χ1) is 28.0. The van der Waals surface area contributed by atoms with Gasteiger partial charge in [0.15, 0.2) is 0 Å². The number of hydrogen-bond donors (Lipinski definition) is 0. The van der Waals surface area contributed by atoms with Gasteiger partial charge in [-0.05, 0) is 127 Å². The van der Waals surface area contributed by atoms with Gasteiger partial charge in [0.2, 0.25) is 0 Å². The molecule has 0 N–H and O–H groups in total. The standard InChI is InChI=1S/C54H46N4/c1-53(2,3)41-21-25-43(26-22-41)57(47-15-7-11-35-13-9-29-55-51(35)47)45-31-37-17-19-39-33-46(34-40-20-18-38(32-45)49(37)50(39)40)58(44-27-23-42(24-28-44)54(4,5)6)48-16-8-12-36-14-10-30-56-52(36)48/h7-34H,1-6H3. The summed E-state index contributed by atoms with van der Waals surface area (Å²) in [7, 11) is 0. The molecule has 0 aliphatic heterocycles. The van der Waals surface area contributed by atoms with E-state index in [1.807, 2.05) is 24.5 Å². The summed E-state index contributed by atoms with van der Waals surface area (Å²) in [6, 6.07) is 57.8. The molecule has 0 aliphatic rings. The highest BCUT2D eigenvalue weighted by Crippen LogP contribution is 2.46. The molecule has 0 saturated carbocycles. The van der Waals surface area contributed by atoms with E-state index in [1.165, 1.54) is 43.4 Å². The molecule has 58 heavy (non-hydrogen) atoms. The van der Waals surface area contributed by atoms with Gasteiger partial charge in [0.1, 0.15) is 0 Å². The smallest absolute Gasteiger partial charge is 0.0942 e. The van der Waals surface area contributed by atoms with Gasteiger partial charge in [0, 0.05) is 45.9 Å². The Labute approximate surface area is 340 Å². The molecule has 0 atom stereocenters. The van der Waals surface area contributed by atoms with E-state index in [9.17, 15) is 0 Å². The van der Waals surface area contributed by atoms with Crippen LogP contribution in [0.4, 0.5) is 34.1 Å². The monoisotopic (exact) mass is 750 g/mol. The summed E-state index contributed by atoms with van der Waals surface area (Å²) in [6.07, 6.45) is 3.78. The average Bonchev–Trinajstić information content (AvgIpc) is 3.23. The van der Waals surface area contributed by atoms with E-state index in [0.29, 0.717) is 0 Å². The minimum absolute atomic E-state index is 0.0561. The molecular formula is C54H46N4. The molecule has 4 heteroatoms. The van der Waals surface area contributed by atoms with Crippen molar-refractivity contribution in [2.75, 3.05) is 9.80 Å². The van der Waals surface area contributed by atoms with Gasteiger partial charge in [-0.1, -0.05) is 126 Å². The third-order valence-corrected chi connectivity index (χ3v) is 11.7. The Morgan fingerprint density at radius 2 is 0.690 bits per heavy atom. The van der Waals surface area contributed by atoms with Crippen LogP contribution in [-0.2, 0) is 10.8 Å². The lowest BCUT2D eigenvalue weighted by Crippen LogP contribution is -2.14. The van der Waals surface area contributed by atoms with Gasteiger partial charge in [0.05, 0.1) is 22.4 Å². The van der Waals surface area contributed by atoms with Crippen molar-refractivity contribution < 1.29 is 0 Å². The molecule has 2 heterocycles. The second-order valence-corrected chi connectivity index (χ2v) is 17.6. The van der Waals surface area contributed by atoms with Crippen molar-refractivity contribution in [1.29, 1.82) is 0 Å². The SMILES string of the molecule is CC(C)(C)c1ccc(N(c2cc3ccc4cc(N(c5ccc(C(C)(C)C)cc5)c5cccc6cccnc56)cc5ccc(c2)c3c45)c2cccc3cccnc23)cc1. The quantitative estimate of drug-likeness (QED) is 0.158. The maximum atomic E-state index is 4.90. The van der Waals surface area contributed by atoms with E-state index in [0.717, 1.165) is 55.9 Å². The summed E-state index contributed by atoms with van der Waals surface area (Å²) in [6.45, 7) is 13.6. The average molecular weight is 751 g/mol. The molecule has 0 unspecified atom stereocenters. The molecule has 0 aliphatic carbocycles. The predicted octanol–water partition coefficient (Wildman–Crippen LogP) is 15.2. The zero-order valence-electron chi connectivity index (χ0n) is 34.0. The molecule has 0 bridgehead atoms. The van der Waals surface area contributed by atoms with Crippen molar-refractivity contribution in [2.24, 2.45) is 0 Å². The number of benzene rings is 8. The van der Waals surface area contributed by atoms with Gasteiger partial charge < -0.3 is 9.80 Å². The minimum atomic E-state index is 0.0561. The molecule has 0 spiro atoms. The van der Waals surface area contributed by atoms with Crippen LogP contribution < -0.4 is 9.80 Å². The largest absolute Gasteiger partial charge is 0.308 e. The Kier molecular flexibility index (Phi) is 8.24.